The largest absolute Gasteiger partial charge is 0.356 e. The molecule has 86 valence electrons. The predicted octanol–water partition coefficient (Wildman–Crippen LogP) is 2.28. The molecule has 2 nitrogen and oxygen atoms in total. The van der Waals surface area contributed by atoms with E-state index in [1.807, 2.05) is 6.07 Å². The molecule has 3 heteroatoms. The maximum absolute atomic E-state index is 12.9. The van der Waals surface area contributed by atoms with Crippen LogP contribution in [0.25, 0.3) is 0 Å². The van der Waals surface area contributed by atoms with Gasteiger partial charge < -0.3 is 5.32 Å². The van der Waals surface area contributed by atoms with Gasteiger partial charge in [-0.1, -0.05) is 18.6 Å². The first-order chi connectivity index (χ1) is 7.75. The van der Waals surface area contributed by atoms with Gasteiger partial charge in [0.05, 0.1) is 0 Å². The van der Waals surface area contributed by atoms with E-state index in [4.69, 9.17) is 0 Å². The molecule has 0 saturated heterocycles. The summed E-state index contributed by atoms with van der Waals surface area (Å²) < 4.78 is 12.9. The van der Waals surface area contributed by atoms with Crippen molar-refractivity contribution in [3.05, 3.63) is 35.6 Å². The first-order valence-electron chi connectivity index (χ1n) is 5.78. The van der Waals surface area contributed by atoms with Crippen molar-refractivity contribution in [2.75, 3.05) is 6.54 Å². The fourth-order valence-corrected chi connectivity index (χ4v) is 1.84. The van der Waals surface area contributed by atoms with Crippen molar-refractivity contribution in [3.8, 4) is 0 Å². The summed E-state index contributed by atoms with van der Waals surface area (Å²) in [5.74, 6) is 0.165. The van der Waals surface area contributed by atoms with E-state index >= 15 is 0 Å². The van der Waals surface area contributed by atoms with Crippen molar-refractivity contribution in [1.29, 1.82) is 0 Å². The lowest BCUT2D eigenvalue weighted by Gasteiger charge is -2.23. The summed E-state index contributed by atoms with van der Waals surface area (Å²) in [6, 6.07) is 6.50. The second kappa shape index (κ2) is 5.10. The minimum Gasteiger partial charge on any atom is -0.356 e. The molecular weight excluding hydrogens is 205 g/mol. The van der Waals surface area contributed by atoms with Gasteiger partial charge in [0.2, 0.25) is 5.91 Å². The Hall–Kier alpha value is -1.38. The Balaban J connectivity index is 1.73. The minimum absolute atomic E-state index is 0.155. The van der Waals surface area contributed by atoms with Crippen molar-refractivity contribution >= 4 is 5.91 Å². The van der Waals surface area contributed by atoms with Gasteiger partial charge in [-0.2, -0.15) is 0 Å². The number of hydrogen-bond donors (Lipinski definition) is 1. The van der Waals surface area contributed by atoms with Crippen LogP contribution >= 0.6 is 0 Å². The van der Waals surface area contributed by atoms with Gasteiger partial charge in [0.25, 0.3) is 0 Å². The number of benzene rings is 1. The monoisotopic (exact) mass is 221 g/mol. The molecule has 0 heterocycles. The lowest BCUT2D eigenvalue weighted by Crippen LogP contribution is -2.35. The third-order valence-electron chi connectivity index (χ3n) is 3.08. The molecule has 1 amide bonds. The maximum atomic E-state index is 12.9. The summed E-state index contributed by atoms with van der Waals surface area (Å²) in [5.41, 5.74) is 0.925. The third-order valence-corrected chi connectivity index (χ3v) is 3.08. The maximum Gasteiger partial charge on any atom is 0.223 e. The van der Waals surface area contributed by atoms with Gasteiger partial charge in [0.1, 0.15) is 5.82 Å². The van der Waals surface area contributed by atoms with Crippen LogP contribution in [0.15, 0.2) is 24.3 Å². The number of nitrogens with one attached hydrogen (secondary N) is 1. The Kier molecular flexibility index (Phi) is 3.54. The molecule has 1 aliphatic rings. The average Bonchev–Trinajstić information content (AvgIpc) is 2.15. The molecule has 0 spiro atoms. The highest BCUT2D eigenvalue weighted by molar-refractivity contribution is 5.79. The Bertz CT molecular complexity index is 374. The Labute approximate surface area is 94.9 Å². The average molecular weight is 221 g/mol. The lowest BCUT2D eigenvalue weighted by atomic mass is 9.85. The number of rotatable bonds is 4. The summed E-state index contributed by atoms with van der Waals surface area (Å²) >= 11 is 0. The molecule has 0 aromatic heterocycles. The first-order valence-corrected chi connectivity index (χ1v) is 5.78. The summed E-state index contributed by atoms with van der Waals surface area (Å²) in [6.07, 6.45) is 3.90. The zero-order valence-corrected chi connectivity index (χ0v) is 9.21. The van der Waals surface area contributed by atoms with E-state index in [1.165, 1.54) is 18.6 Å². The smallest absolute Gasteiger partial charge is 0.223 e. The molecule has 0 unspecified atom stereocenters. The summed E-state index contributed by atoms with van der Waals surface area (Å²) in [4.78, 5) is 11.5. The molecule has 1 saturated carbocycles. The van der Waals surface area contributed by atoms with Crippen molar-refractivity contribution in [3.63, 3.8) is 0 Å². The van der Waals surface area contributed by atoms with Crippen molar-refractivity contribution in [2.24, 2.45) is 5.92 Å². The molecule has 1 aromatic carbocycles. The van der Waals surface area contributed by atoms with Crippen LogP contribution in [-0.2, 0) is 11.2 Å². The standard InChI is InChI=1S/C13H16FNO/c14-12-6-1-3-10(9-12)7-8-15-13(16)11-4-2-5-11/h1,3,6,9,11H,2,4-5,7-8H2,(H,15,16). The van der Waals surface area contributed by atoms with E-state index < -0.39 is 0 Å². The quantitative estimate of drug-likeness (QED) is 0.830. The number of carbonyl (C=O) groups excluding carboxylic acids is 1. The van der Waals surface area contributed by atoms with Crippen LogP contribution in [0.1, 0.15) is 24.8 Å². The highest BCUT2D eigenvalue weighted by atomic mass is 19.1. The van der Waals surface area contributed by atoms with Gasteiger partial charge in [-0.3, -0.25) is 4.79 Å². The molecule has 1 aliphatic carbocycles. The molecule has 0 atom stereocenters. The summed E-state index contributed by atoms with van der Waals surface area (Å²) in [5, 5.41) is 2.89. The highest BCUT2D eigenvalue weighted by Crippen LogP contribution is 2.26. The fraction of sp³-hybridized carbons (Fsp3) is 0.462. The van der Waals surface area contributed by atoms with E-state index in [1.54, 1.807) is 6.07 Å². The molecule has 0 bridgehead atoms. The van der Waals surface area contributed by atoms with E-state index in [0.717, 1.165) is 18.4 Å². The zero-order chi connectivity index (χ0) is 11.4. The number of hydrogen-bond acceptors (Lipinski definition) is 1. The van der Waals surface area contributed by atoms with E-state index in [2.05, 4.69) is 5.32 Å². The van der Waals surface area contributed by atoms with Gasteiger partial charge in [-0.05, 0) is 37.0 Å². The van der Waals surface area contributed by atoms with Gasteiger partial charge >= 0.3 is 0 Å². The molecule has 1 fully saturated rings. The molecule has 0 aliphatic heterocycles. The van der Waals surface area contributed by atoms with Crippen LogP contribution in [0.5, 0.6) is 0 Å². The van der Waals surface area contributed by atoms with Crippen LogP contribution in [-0.4, -0.2) is 12.5 Å². The number of amides is 1. The van der Waals surface area contributed by atoms with Crippen LogP contribution in [0.3, 0.4) is 0 Å². The molecule has 2 rings (SSSR count). The van der Waals surface area contributed by atoms with Crippen LogP contribution in [0.4, 0.5) is 4.39 Å². The molecule has 1 N–H and O–H groups in total. The first kappa shape index (κ1) is 11.1. The highest BCUT2D eigenvalue weighted by Gasteiger charge is 2.24. The van der Waals surface area contributed by atoms with Gasteiger partial charge in [-0.25, -0.2) is 4.39 Å². The van der Waals surface area contributed by atoms with Crippen LogP contribution in [0.2, 0.25) is 0 Å². The summed E-state index contributed by atoms with van der Waals surface area (Å²) in [7, 11) is 0. The van der Waals surface area contributed by atoms with Crippen molar-refractivity contribution in [1.82, 2.24) is 5.32 Å². The van der Waals surface area contributed by atoms with E-state index in [0.29, 0.717) is 13.0 Å². The second-order valence-corrected chi connectivity index (χ2v) is 4.30. The normalized spacial score (nSPS) is 15.6. The summed E-state index contributed by atoms with van der Waals surface area (Å²) in [6.45, 7) is 0.596. The minimum atomic E-state index is -0.220. The van der Waals surface area contributed by atoms with Crippen molar-refractivity contribution < 1.29 is 9.18 Å². The third kappa shape index (κ3) is 2.81. The fourth-order valence-electron chi connectivity index (χ4n) is 1.84. The molecular formula is C13H16FNO. The molecule has 16 heavy (non-hydrogen) atoms. The number of halogens is 1. The second-order valence-electron chi connectivity index (χ2n) is 4.30. The van der Waals surface area contributed by atoms with Crippen LogP contribution < -0.4 is 5.32 Å². The van der Waals surface area contributed by atoms with Gasteiger partial charge in [0, 0.05) is 12.5 Å². The van der Waals surface area contributed by atoms with Crippen molar-refractivity contribution in [2.45, 2.75) is 25.7 Å². The van der Waals surface area contributed by atoms with Gasteiger partial charge in [0.15, 0.2) is 0 Å². The van der Waals surface area contributed by atoms with E-state index in [-0.39, 0.29) is 17.6 Å². The molecule has 1 aromatic rings. The van der Waals surface area contributed by atoms with E-state index in [9.17, 15) is 9.18 Å². The number of carbonyl (C=O) groups is 1. The predicted molar refractivity (Wildman–Crippen MR) is 60.5 cm³/mol. The van der Waals surface area contributed by atoms with Gasteiger partial charge in [-0.15, -0.1) is 0 Å². The SMILES string of the molecule is O=C(NCCc1cccc(F)c1)C1CCC1. The Morgan fingerprint density at radius 1 is 1.44 bits per heavy atom. The lowest BCUT2D eigenvalue weighted by molar-refractivity contribution is -0.127. The topological polar surface area (TPSA) is 29.1 Å². The van der Waals surface area contributed by atoms with Crippen LogP contribution in [0, 0.1) is 11.7 Å². The Morgan fingerprint density at radius 3 is 2.88 bits per heavy atom. The zero-order valence-electron chi connectivity index (χ0n) is 9.21. The Morgan fingerprint density at radius 2 is 2.25 bits per heavy atom. The molecule has 0 radical (unpaired) electrons.